The van der Waals surface area contributed by atoms with Crippen molar-refractivity contribution in [3.8, 4) is 0 Å². The predicted molar refractivity (Wildman–Crippen MR) is 88.0 cm³/mol. The molecule has 3 heteroatoms. The van der Waals surface area contributed by atoms with Gasteiger partial charge in [0, 0.05) is 0 Å². The van der Waals surface area contributed by atoms with Crippen LogP contribution in [-0.4, -0.2) is 12.6 Å². The molecule has 1 rings (SSSR count). The SMILES string of the molecule is [CH2]C(C)(C)c1ccc(CC)cc1.[I][Mg][I]. The summed E-state index contributed by atoms with van der Waals surface area (Å²) in [4.78, 5) is 0. The molecule has 0 atom stereocenters. The molecule has 81 valence electrons. The van der Waals surface area contributed by atoms with Crippen LogP contribution >= 0.6 is 37.7 Å². The van der Waals surface area contributed by atoms with E-state index in [1.807, 2.05) is 0 Å². The minimum Gasteiger partial charge on any atom is -0.276 e. The molecule has 0 amide bonds. The number of aryl methyl sites for hydroxylation is 1. The first kappa shape index (κ1) is 16.4. The summed E-state index contributed by atoms with van der Waals surface area (Å²) in [6.07, 6.45) is 1.11. The van der Waals surface area contributed by atoms with Gasteiger partial charge in [0.25, 0.3) is 0 Å². The highest BCUT2D eigenvalue weighted by atomic mass is 127. The van der Waals surface area contributed by atoms with Gasteiger partial charge in [-0.2, -0.15) is 0 Å². The van der Waals surface area contributed by atoms with E-state index in [0.29, 0.717) is 12.6 Å². The van der Waals surface area contributed by atoms with Gasteiger partial charge in [-0.3, -0.25) is 37.7 Å². The standard InChI is InChI=1S/C12H17.2HI.Mg/c1-5-10-6-8-11(9-7-10)12(2,3)4;;;/h6-9H,2,5H2,1,3-4H3;2*1H;/q;;;+2/p-2. The molecule has 15 heavy (non-hydrogen) atoms. The maximum Gasteiger partial charge on any atom is 0.552 e. The summed E-state index contributed by atoms with van der Waals surface area (Å²) in [5.41, 5.74) is 2.73. The number of halogens is 2. The summed E-state index contributed by atoms with van der Waals surface area (Å²) < 4.78 is 0. The van der Waals surface area contributed by atoms with Gasteiger partial charge >= 0.3 is 12.6 Å². The van der Waals surface area contributed by atoms with Gasteiger partial charge in [0.05, 0.1) is 0 Å². The van der Waals surface area contributed by atoms with Crippen LogP contribution in [0.15, 0.2) is 24.3 Å². The Morgan fingerprint density at radius 3 is 1.87 bits per heavy atom. The number of hydrogen-bond acceptors (Lipinski definition) is 0. The third-order valence-electron chi connectivity index (χ3n) is 2.14. The van der Waals surface area contributed by atoms with E-state index in [-0.39, 0.29) is 5.41 Å². The molecule has 1 aromatic rings. The van der Waals surface area contributed by atoms with Crippen molar-refractivity contribution in [2.24, 2.45) is 0 Å². The Morgan fingerprint density at radius 1 is 1.20 bits per heavy atom. The van der Waals surface area contributed by atoms with Crippen molar-refractivity contribution >= 4 is 50.3 Å². The van der Waals surface area contributed by atoms with Crippen molar-refractivity contribution in [2.75, 3.05) is 0 Å². The normalized spacial score (nSPS) is 10.0. The van der Waals surface area contributed by atoms with E-state index in [1.54, 1.807) is 0 Å². The van der Waals surface area contributed by atoms with Crippen LogP contribution in [0.5, 0.6) is 0 Å². The van der Waals surface area contributed by atoms with Gasteiger partial charge in [-0.05, 0) is 29.9 Å². The molecule has 0 bridgehead atoms. The molecular formula is C12H17I2Mg. The third-order valence-corrected chi connectivity index (χ3v) is 2.14. The maximum absolute atomic E-state index is 4.10. The fraction of sp³-hybridized carbons (Fsp3) is 0.417. The zero-order chi connectivity index (χ0) is 11.9. The molecule has 0 N–H and O–H groups in total. The Bertz CT molecular complexity index is 262. The second-order valence-corrected chi connectivity index (χ2v) is 17.6. The number of hydrogen-bond donors (Lipinski definition) is 0. The summed E-state index contributed by atoms with van der Waals surface area (Å²) in [6.45, 7) is 10.5. The van der Waals surface area contributed by atoms with Crippen LogP contribution in [0, 0.1) is 6.92 Å². The molecule has 0 aromatic heterocycles. The minimum atomic E-state index is 0.0340. The van der Waals surface area contributed by atoms with Crippen LogP contribution in [-0.2, 0) is 11.8 Å². The fourth-order valence-electron chi connectivity index (χ4n) is 1.19. The van der Waals surface area contributed by atoms with Gasteiger partial charge < -0.3 is 0 Å². The van der Waals surface area contributed by atoms with Gasteiger partial charge in [-0.25, -0.2) is 0 Å². The van der Waals surface area contributed by atoms with E-state index in [0.717, 1.165) is 6.42 Å². The Hall–Kier alpha value is 1.45. The zero-order valence-corrected chi connectivity index (χ0v) is 15.4. The average molecular weight is 439 g/mol. The number of rotatable bonds is 2. The van der Waals surface area contributed by atoms with Crippen molar-refractivity contribution in [1.29, 1.82) is 0 Å². The molecular weight excluding hydrogens is 422 g/mol. The Balaban J connectivity index is 0.000000583. The van der Waals surface area contributed by atoms with Crippen LogP contribution in [0.3, 0.4) is 0 Å². The molecule has 0 nitrogen and oxygen atoms in total. The molecule has 0 saturated heterocycles. The molecule has 0 unspecified atom stereocenters. The van der Waals surface area contributed by atoms with Crippen LogP contribution < -0.4 is 0 Å². The van der Waals surface area contributed by atoms with Crippen molar-refractivity contribution in [3.05, 3.63) is 42.3 Å². The Morgan fingerprint density at radius 2 is 1.60 bits per heavy atom. The van der Waals surface area contributed by atoms with Gasteiger partial charge in [-0.1, -0.05) is 45.0 Å². The zero-order valence-electron chi connectivity index (χ0n) is 9.69. The molecule has 0 aliphatic heterocycles. The smallest absolute Gasteiger partial charge is 0.276 e. The van der Waals surface area contributed by atoms with Gasteiger partial charge in [-0.15, -0.1) is 0 Å². The summed E-state index contributed by atoms with van der Waals surface area (Å²) >= 11 is 5.18. The largest absolute Gasteiger partial charge is 0.552 e. The van der Waals surface area contributed by atoms with Crippen molar-refractivity contribution in [3.63, 3.8) is 0 Å². The summed E-state index contributed by atoms with van der Waals surface area (Å²) in [5.74, 6) is 0. The molecule has 0 fully saturated rings. The lowest BCUT2D eigenvalue weighted by Gasteiger charge is -2.18. The van der Waals surface area contributed by atoms with Crippen molar-refractivity contribution in [1.82, 2.24) is 0 Å². The quantitative estimate of drug-likeness (QED) is 0.461. The molecule has 1 radical (unpaired) electrons. The van der Waals surface area contributed by atoms with E-state index < -0.39 is 0 Å². The highest BCUT2D eigenvalue weighted by molar-refractivity contribution is 14.3. The van der Waals surface area contributed by atoms with Crippen molar-refractivity contribution in [2.45, 2.75) is 32.6 Å². The Labute approximate surface area is 123 Å². The first-order chi connectivity index (χ1) is 6.95. The number of benzene rings is 1. The van der Waals surface area contributed by atoms with Crippen LogP contribution in [0.2, 0.25) is 0 Å². The molecule has 0 spiro atoms. The lowest BCUT2D eigenvalue weighted by atomic mass is 9.86. The molecule has 0 aliphatic rings. The molecule has 1 aromatic carbocycles. The molecule has 0 aliphatic carbocycles. The van der Waals surface area contributed by atoms with E-state index >= 15 is 0 Å². The lowest BCUT2D eigenvalue weighted by Crippen LogP contribution is -2.11. The van der Waals surface area contributed by atoms with Gasteiger partial charge in [0.2, 0.25) is 0 Å². The maximum atomic E-state index is 4.10. The second-order valence-electron chi connectivity index (χ2n) is 4.04. The van der Waals surface area contributed by atoms with Gasteiger partial charge in [0.1, 0.15) is 0 Å². The van der Waals surface area contributed by atoms with E-state index in [9.17, 15) is 0 Å². The highest BCUT2D eigenvalue weighted by Gasteiger charge is 2.12. The Kier molecular flexibility index (Phi) is 9.35. The minimum absolute atomic E-state index is 0.0340. The summed E-state index contributed by atoms with van der Waals surface area (Å²) in [6, 6.07) is 8.71. The first-order valence-electron chi connectivity index (χ1n) is 5.02. The van der Waals surface area contributed by atoms with E-state index in [4.69, 9.17) is 0 Å². The second kappa shape index (κ2) is 8.52. The molecule has 0 saturated carbocycles. The predicted octanol–water partition coefficient (Wildman–Crippen LogP) is 4.75. The topological polar surface area (TPSA) is 0 Å². The monoisotopic (exact) mass is 439 g/mol. The summed E-state index contributed by atoms with van der Waals surface area (Å²) in [7, 11) is 0. The average Bonchev–Trinajstić information content (AvgIpc) is 2.18. The van der Waals surface area contributed by atoms with E-state index in [2.05, 4.69) is 89.7 Å². The van der Waals surface area contributed by atoms with Gasteiger partial charge in [0.15, 0.2) is 0 Å². The summed E-state index contributed by atoms with van der Waals surface area (Å²) in [5, 5.41) is 0. The van der Waals surface area contributed by atoms with Crippen LogP contribution in [0.4, 0.5) is 0 Å². The van der Waals surface area contributed by atoms with Crippen LogP contribution in [0.25, 0.3) is 0 Å². The van der Waals surface area contributed by atoms with E-state index in [1.165, 1.54) is 11.1 Å². The highest BCUT2D eigenvalue weighted by Crippen LogP contribution is 2.21. The lowest BCUT2D eigenvalue weighted by molar-refractivity contribution is 0.664. The first-order valence-corrected chi connectivity index (χ1v) is 15.2. The third kappa shape index (κ3) is 7.39. The van der Waals surface area contributed by atoms with Crippen molar-refractivity contribution < 1.29 is 0 Å². The van der Waals surface area contributed by atoms with Crippen LogP contribution in [0.1, 0.15) is 31.9 Å². The fourth-order valence-corrected chi connectivity index (χ4v) is 1.19. The molecule has 0 heterocycles.